The Hall–Kier alpha value is -5.34. The number of allylic oxidation sites excluding steroid dienone is 3. The molecule has 226 valence electrons. The van der Waals surface area contributed by atoms with E-state index in [1.165, 1.54) is 38.7 Å². The fourth-order valence-corrected chi connectivity index (χ4v) is 7.02. The monoisotopic (exact) mass is 596 g/mol. The minimum atomic E-state index is -0.212. The molecular formula is C44H40N2. The Labute approximate surface area is 273 Å². The molecular weight excluding hydrogens is 556 g/mol. The van der Waals surface area contributed by atoms with Gasteiger partial charge in [-0.15, -0.1) is 0 Å². The highest BCUT2D eigenvalue weighted by Gasteiger charge is 2.38. The third-order valence-corrected chi connectivity index (χ3v) is 9.26. The van der Waals surface area contributed by atoms with Crippen LogP contribution in [0.25, 0.3) is 21.9 Å². The van der Waals surface area contributed by atoms with Crippen molar-refractivity contribution in [3.63, 3.8) is 0 Å². The molecule has 0 atom stereocenters. The van der Waals surface area contributed by atoms with Crippen molar-refractivity contribution in [1.29, 1.82) is 0 Å². The molecule has 0 aromatic heterocycles. The molecule has 0 bridgehead atoms. The van der Waals surface area contributed by atoms with Crippen LogP contribution >= 0.6 is 0 Å². The minimum absolute atomic E-state index is 0.212. The number of hydrogen-bond donors (Lipinski definition) is 0. The van der Waals surface area contributed by atoms with Gasteiger partial charge in [-0.05, 0) is 102 Å². The van der Waals surface area contributed by atoms with E-state index in [9.17, 15) is 0 Å². The number of hydrogen-bond acceptors (Lipinski definition) is 2. The molecule has 1 aliphatic carbocycles. The maximum Gasteiger partial charge on any atom is 0.0543 e. The van der Waals surface area contributed by atoms with Gasteiger partial charge in [0.15, 0.2) is 0 Å². The standard InChI is InChI=1S/C44H40N2/c1-5-7-19-32(6-2)46(35-24-15-10-16-25-35)42-31-41-43(38-27-18-17-26-37(38)42)39-29-28-36(30-40(39)44(41,3)4)45(33-20-11-8-12-21-33)34-22-13-9-14-23-34/h6-31H,5H2,1-4H3/b19-7-,32-6+. The van der Waals surface area contributed by atoms with E-state index >= 15 is 0 Å². The molecule has 0 radical (unpaired) electrons. The van der Waals surface area contributed by atoms with E-state index in [1.807, 2.05) is 0 Å². The summed E-state index contributed by atoms with van der Waals surface area (Å²) in [6.45, 7) is 9.09. The Morgan fingerprint density at radius 3 is 1.76 bits per heavy atom. The molecule has 0 aliphatic heterocycles. The fourth-order valence-electron chi connectivity index (χ4n) is 7.02. The molecule has 0 amide bonds. The lowest BCUT2D eigenvalue weighted by Crippen LogP contribution is -2.19. The van der Waals surface area contributed by atoms with Gasteiger partial charge in [-0.1, -0.05) is 118 Å². The second-order valence-corrected chi connectivity index (χ2v) is 12.4. The maximum absolute atomic E-state index is 2.46. The summed E-state index contributed by atoms with van der Waals surface area (Å²) in [5, 5.41) is 2.53. The van der Waals surface area contributed by atoms with Gasteiger partial charge in [-0.2, -0.15) is 0 Å². The molecule has 0 unspecified atom stereocenters. The lowest BCUT2D eigenvalue weighted by molar-refractivity contribution is 0.661. The number of nitrogens with zero attached hydrogens (tertiary/aromatic N) is 2. The van der Waals surface area contributed by atoms with E-state index in [1.54, 1.807) is 0 Å². The van der Waals surface area contributed by atoms with Gasteiger partial charge in [-0.25, -0.2) is 0 Å². The number of anilines is 5. The van der Waals surface area contributed by atoms with Crippen LogP contribution < -0.4 is 9.80 Å². The van der Waals surface area contributed by atoms with Crippen molar-refractivity contribution >= 4 is 39.2 Å². The van der Waals surface area contributed by atoms with Crippen LogP contribution in [0.1, 0.15) is 45.2 Å². The van der Waals surface area contributed by atoms with Gasteiger partial charge in [0.25, 0.3) is 0 Å². The van der Waals surface area contributed by atoms with E-state index in [2.05, 4.69) is 195 Å². The molecule has 0 fully saturated rings. The molecule has 0 spiro atoms. The average Bonchev–Trinajstić information content (AvgIpc) is 3.33. The van der Waals surface area contributed by atoms with Crippen molar-refractivity contribution in [2.75, 3.05) is 9.80 Å². The van der Waals surface area contributed by atoms with Crippen molar-refractivity contribution < 1.29 is 0 Å². The normalized spacial score (nSPS) is 13.5. The zero-order chi connectivity index (χ0) is 31.7. The molecule has 6 aromatic rings. The molecule has 0 saturated heterocycles. The first kappa shape index (κ1) is 29.4. The van der Waals surface area contributed by atoms with Crippen molar-refractivity contribution in [2.45, 2.75) is 39.5 Å². The summed E-state index contributed by atoms with van der Waals surface area (Å²) in [5.74, 6) is 0. The van der Waals surface area contributed by atoms with Crippen LogP contribution in [0.5, 0.6) is 0 Å². The summed E-state index contributed by atoms with van der Waals surface area (Å²) in [6, 6.07) is 50.5. The van der Waals surface area contributed by atoms with E-state index in [0.29, 0.717) is 0 Å². The van der Waals surface area contributed by atoms with Crippen molar-refractivity contribution in [3.05, 3.63) is 175 Å². The van der Waals surface area contributed by atoms with Crippen LogP contribution in [-0.2, 0) is 5.41 Å². The Morgan fingerprint density at radius 2 is 1.17 bits per heavy atom. The van der Waals surface area contributed by atoms with Crippen LogP contribution in [-0.4, -0.2) is 0 Å². The lowest BCUT2D eigenvalue weighted by Gasteiger charge is -2.30. The summed E-state index contributed by atoms with van der Waals surface area (Å²) in [7, 11) is 0. The molecule has 46 heavy (non-hydrogen) atoms. The van der Waals surface area contributed by atoms with Crippen molar-refractivity contribution in [2.24, 2.45) is 0 Å². The van der Waals surface area contributed by atoms with E-state index < -0.39 is 0 Å². The van der Waals surface area contributed by atoms with Gasteiger partial charge in [0.05, 0.1) is 5.69 Å². The van der Waals surface area contributed by atoms with Gasteiger partial charge >= 0.3 is 0 Å². The zero-order valence-corrected chi connectivity index (χ0v) is 27.1. The van der Waals surface area contributed by atoms with Gasteiger partial charge in [0, 0.05) is 39.2 Å². The average molecular weight is 597 g/mol. The number of fused-ring (bicyclic) bond motifs is 5. The summed E-state index contributed by atoms with van der Waals surface area (Å²) in [4.78, 5) is 4.78. The largest absolute Gasteiger partial charge is 0.310 e. The first-order valence-electron chi connectivity index (χ1n) is 16.3. The summed E-state index contributed by atoms with van der Waals surface area (Å²) in [6.07, 6.45) is 7.70. The highest BCUT2D eigenvalue weighted by Crippen LogP contribution is 2.55. The van der Waals surface area contributed by atoms with E-state index in [-0.39, 0.29) is 5.41 Å². The first-order chi connectivity index (χ1) is 22.5. The van der Waals surface area contributed by atoms with Gasteiger partial charge in [0.2, 0.25) is 0 Å². The topological polar surface area (TPSA) is 6.48 Å². The molecule has 0 saturated carbocycles. The number of benzene rings is 6. The van der Waals surface area contributed by atoms with Crippen LogP contribution in [0.2, 0.25) is 0 Å². The molecule has 0 N–H and O–H groups in total. The fraction of sp³-hybridized carbons (Fsp3) is 0.136. The summed E-state index contributed by atoms with van der Waals surface area (Å²) in [5.41, 5.74) is 12.1. The van der Waals surface area contributed by atoms with Gasteiger partial charge in [0.1, 0.15) is 0 Å². The number of para-hydroxylation sites is 3. The molecule has 6 aromatic carbocycles. The Bertz CT molecular complexity index is 2020. The van der Waals surface area contributed by atoms with Crippen LogP contribution in [0.4, 0.5) is 28.4 Å². The first-order valence-corrected chi connectivity index (χ1v) is 16.3. The Morgan fingerprint density at radius 1 is 0.609 bits per heavy atom. The Kier molecular flexibility index (Phi) is 7.80. The minimum Gasteiger partial charge on any atom is -0.310 e. The van der Waals surface area contributed by atoms with Crippen molar-refractivity contribution in [1.82, 2.24) is 0 Å². The van der Waals surface area contributed by atoms with E-state index in [0.717, 1.165) is 34.9 Å². The predicted molar refractivity (Wildman–Crippen MR) is 198 cm³/mol. The SMILES string of the molecule is C/C=C(\C=C/CC)N(c1ccccc1)c1cc2c(c3ccccc13)-c1ccc(N(c3ccccc3)c3ccccc3)cc1C2(C)C. The second kappa shape index (κ2) is 12.2. The van der Waals surface area contributed by atoms with Crippen LogP contribution in [0.15, 0.2) is 163 Å². The molecule has 7 rings (SSSR count). The molecule has 2 heteroatoms. The van der Waals surface area contributed by atoms with Crippen molar-refractivity contribution in [3.8, 4) is 11.1 Å². The second-order valence-electron chi connectivity index (χ2n) is 12.4. The smallest absolute Gasteiger partial charge is 0.0543 e. The van der Waals surface area contributed by atoms with Crippen LogP contribution in [0, 0.1) is 0 Å². The predicted octanol–water partition coefficient (Wildman–Crippen LogP) is 12.6. The van der Waals surface area contributed by atoms with Gasteiger partial charge < -0.3 is 9.80 Å². The third kappa shape index (κ3) is 5.01. The van der Waals surface area contributed by atoms with Gasteiger partial charge in [-0.3, -0.25) is 0 Å². The molecule has 1 aliphatic rings. The quantitative estimate of drug-likeness (QED) is 0.161. The molecule has 0 heterocycles. The lowest BCUT2D eigenvalue weighted by atomic mass is 9.81. The zero-order valence-electron chi connectivity index (χ0n) is 27.1. The highest BCUT2D eigenvalue weighted by atomic mass is 15.2. The Balaban J connectivity index is 1.45. The maximum atomic E-state index is 2.46. The van der Waals surface area contributed by atoms with E-state index in [4.69, 9.17) is 0 Å². The molecule has 2 nitrogen and oxygen atoms in total. The summed E-state index contributed by atoms with van der Waals surface area (Å²) < 4.78 is 0. The number of rotatable bonds is 8. The third-order valence-electron chi connectivity index (χ3n) is 9.26. The van der Waals surface area contributed by atoms with Crippen LogP contribution in [0.3, 0.4) is 0 Å². The highest BCUT2D eigenvalue weighted by molar-refractivity contribution is 6.09. The summed E-state index contributed by atoms with van der Waals surface area (Å²) >= 11 is 0.